The Labute approximate surface area is 99.7 Å². The first-order chi connectivity index (χ1) is 8.20. The molecule has 0 saturated carbocycles. The standard InChI is InChI=1S/C12H15N3O2/c1-9(16)12-7-15(14-13-12)11-5-3-4-10(6-11)8-17-2/h3-7,9,16H,8H2,1-2H3. The lowest BCUT2D eigenvalue weighted by molar-refractivity contribution is 0.185. The van der Waals surface area contributed by atoms with Crippen LogP contribution in [-0.4, -0.2) is 27.2 Å². The molecule has 1 aromatic carbocycles. The number of hydrogen-bond acceptors (Lipinski definition) is 4. The summed E-state index contributed by atoms with van der Waals surface area (Å²) in [6, 6.07) is 7.83. The lowest BCUT2D eigenvalue weighted by atomic mass is 10.2. The highest BCUT2D eigenvalue weighted by molar-refractivity contribution is 5.34. The van der Waals surface area contributed by atoms with Crippen LogP contribution in [0.3, 0.4) is 0 Å². The van der Waals surface area contributed by atoms with Crippen molar-refractivity contribution in [2.45, 2.75) is 19.6 Å². The predicted molar refractivity (Wildman–Crippen MR) is 62.7 cm³/mol. The minimum absolute atomic E-state index is 0.558. The average molecular weight is 233 g/mol. The van der Waals surface area contributed by atoms with Crippen molar-refractivity contribution in [1.29, 1.82) is 0 Å². The van der Waals surface area contributed by atoms with E-state index in [9.17, 15) is 5.11 Å². The monoisotopic (exact) mass is 233 g/mol. The molecule has 5 heteroatoms. The van der Waals surface area contributed by atoms with Crippen LogP contribution in [0.15, 0.2) is 30.5 Å². The van der Waals surface area contributed by atoms with Gasteiger partial charge >= 0.3 is 0 Å². The number of aliphatic hydroxyl groups excluding tert-OH is 1. The zero-order valence-corrected chi connectivity index (χ0v) is 9.87. The Morgan fingerprint density at radius 3 is 2.94 bits per heavy atom. The minimum Gasteiger partial charge on any atom is -0.387 e. The molecule has 2 aromatic rings. The van der Waals surface area contributed by atoms with Gasteiger partial charge in [0.2, 0.25) is 0 Å². The summed E-state index contributed by atoms with van der Waals surface area (Å²) in [5, 5.41) is 17.3. The lowest BCUT2D eigenvalue weighted by Crippen LogP contribution is -1.96. The van der Waals surface area contributed by atoms with Crippen molar-refractivity contribution in [2.75, 3.05) is 7.11 Å². The number of aliphatic hydroxyl groups is 1. The van der Waals surface area contributed by atoms with Crippen LogP contribution < -0.4 is 0 Å². The van der Waals surface area contributed by atoms with Gasteiger partial charge in [-0.2, -0.15) is 0 Å². The van der Waals surface area contributed by atoms with Gasteiger partial charge in [0, 0.05) is 7.11 Å². The fourth-order valence-electron chi connectivity index (χ4n) is 1.55. The number of nitrogens with zero attached hydrogens (tertiary/aromatic N) is 3. The second kappa shape index (κ2) is 5.07. The van der Waals surface area contributed by atoms with E-state index in [-0.39, 0.29) is 0 Å². The van der Waals surface area contributed by atoms with E-state index in [1.165, 1.54) is 0 Å². The van der Waals surface area contributed by atoms with Crippen molar-refractivity contribution in [3.8, 4) is 5.69 Å². The average Bonchev–Trinajstić information content (AvgIpc) is 2.79. The van der Waals surface area contributed by atoms with Crippen molar-refractivity contribution in [1.82, 2.24) is 15.0 Å². The van der Waals surface area contributed by atoms with E-state index in [0.717, 1.165) is 11.3 Å². The van der Waals surface area contributed by atoms with Crippen molar-refractivity contribution in [2.24, 2.45) is 0 Å². The van der Waals surface area contributed by atoms with E-state index in [1.54, 1.807) is 24.9 Å². The van der Waals surface area contributed by atoms with Gasteiger partial charge in [-0.05, 0) is 24.6 Å². The van der Waals surface area contributed by atoms with Crippen molar-refractivity contribution in [3.63, 3.8) is 0 Å². The van der Waals surface area contributed by atoms with Crippen LogP contribution in [0.25, 0.3) is 5.69 Å². The molecule has 0 amide bonds. The fraction of sp³-hybridized carbons (Fsp3) is 0.333. The van der Waals surface area contributed by atoms with Crippen molar-refractivity contribution in [3.05, 3.63) is 41.7 Å². The van der Waals surface area contributed by atoms with E-state index >= 15 is 0 Å². The lowest BCUT2D eigenvalue weighted by Gasteiger charge is -2.03. The van der Waals surface area contributed by atoms with Crippen LogP contribution in [-0.2, 0) is 11.3 Å². The van der Waals surface area contributed by atoms with Gasteiger partial charge < -0.3 is 9.84 Å². The molecule has 0 saturated heterocycles. The summed E-state index contributed by atoms with van der Waals surface area (Å²) in [5.74, 6) is 0. The normalized spacial score (nSPS) is 12.6. The Balaban J connectivity index is 2.28. The van der Waals surface area contributed by atoms with Crippen LogP contribution in [0.2, 0.25) is 0 Å². The van der Waals surface area contributed by atoms with Gasteiger partial charge in [0.1, 0.15) is 5.69 Å². The first kappa shape index (κ1) is 11.8. The molecule has 0 aliphatic heterocycles. The van der Waals surface area contributed by atoms with E-state index in [4.69, 9.17) is 4.74 Å². The molecule has 0 aliphatic rings. The van der Waals surface area contributed by atoms with Gasteiger partial charge in [0.05, 0.1) is 24.6 Å². The maximum Gasteiger partial charge on any atom is 0.111 e. The maximum absolute atomic E-state index is 9.39. The molecule has 2 rings (SSSR count). The third-order valence-electron chi connectivity index (χ3n) is 2.43. The highest BCUT2D eigenvalue weighted by atomic mass is 16.5. The van der Waals surface area contributed by atoms with E-state index in [2.05, 4.69) is 10.3 Å². The highest BCUT2D eigenvalue weighted by Gasteiger charge is 2.07. The molecule has 1 atom stereocenters. The minimum atomic E-state index is -0.606. The summed E-state index contributed by atoms with van der Waals surface area (Å²) in [7, 11) is 1.66. The number of ether oxygens (including phenoxy) is 1. The maximum atomic E-state index is 9.39. The molecule has 1 heterocycles. The Morgan fingerprint density at radius 1 is 1.47 bits per heavy atom. The molecule has 0 spiro atoms. The third-order valence-corrected chi connectivity index (χ3v) is 2.43. The molecular formula is C12H15N3O2. The van der Waals surface area contributed by atoms with Gasteiger partial charge in [0.25, 0.3) is 0 Å². The summed E-state index contributed by atoms with van der Waals surface area (Å²) in [4.78, 5) is 0. The second-order valence-electron chi connectivity index (χ2n) is 3.87. The molecular weight excluding hydrogens is 218 g/mol. The molecule has 1 N–H and O–H groups in total. The largest absolute Gasteiger partial charge is 0.387 e. The number of rotatable bonds is 4. The number of aromatic nitrogens is 3. The quantitative estimate of drug-likeness (QED) is 0.868. The molecule has 1 unspecified atom stereocenters. The summed E-state index contributed by atoms with van der Waals surface area (Å²) in [6.45, 7) is 2.22. The molecule has 17 heavy (non-hydrogen) atoms. The fourth-order valence-corrected chi connectivity index (χ4v) is 1.55. The van der Waals surface area contributed by atoms with Crippen LogP contribution in [0.4, 0.5) is 0 Å². The van der Waals surface area contributed by atoms with Crippen LogP contribution in [0, 0.1) is 0 Å². The molecule has 0 fully saturated rings. The summed E-state index contributed by atoms with van der Waals surface area (Å²) < 4.78 is 6.72. The summed E-state index contributed by atoms with van der Waals surface area (Å²) in [5.41, 5.74) is 2.53. The summed E-state index contributed by atoms with van der Waals surface area (Å²) in [6.07, 6.45) is 1.11. The van der Waals surface area contributed by atoms with E-state index in [1.807, 2.05) is 24.3 Å². The molecule has 90 valence electrons. The zero-order valence-electron chi connectivity index (χ0n) is 9.87. The van der Waals surface area contributed by atoms with Crippen LogP contribution in [0.5, 0.6) is 0 Å². The topological polar surface area (TPSA) is 60.2 Å². The predicted octanol–water partition coefficient (Wildman–Crippen LogP) is 1.47. The third kappa shape index (κ3) is 2.69. The van der Waals surface area contributed by atoms with E-state index < -0.39 is 6.10 Å². The first-order valence-electron chi connectivity index (χ1n) is 5.39. The van der Waals surface area contributed by atoms with Gasteiger partial charge in [-0.3, -0.25) is 0 Å². The molecule has 0 bridgehead atoms. The molecule has 0 radical (unpaired) electrons. The smallest absolute Gasteiger partial charge is 0.111 e. The van der Waals surface area contributed by atoms with Gasteiger partial charge in [-0.1, -0.05) is 17.3 Å². The molecule has 1 aromatic heterocycles. The van der Waals surface area contributed by atoms with Gasteiger partial charge in [-0.15, -0.1) is 5.10 Å². The second-order valence-corrected chi connectivity index (χ2v) is 3.87. The SMILES string of the molecule is COCc1cccc(-n2cc(C(C)O)nn2)c1. The van der Waals surface area contributed by atoms with Crippen LogP contribution in [0.1, 0.15) is 24.3 Å². The molecule has 0 aliphatic carbocycles. The van der Waals surface area contributed by atoms with Gasteiger partial charge in [-0.25, -0.2) is 4.68 Å². The zero-order chi connectivity index (χ0) is 12.3. The summed E-state index contributed by atoms with van der Waals surface area (Å²) >= 11 is 0. The van der Waals surface area contributed by atoms with Gasteiger partial charge in [0.15, 0.2) is 0 Å². The number of hydrogen-bond donors (Lipinski definition) is 1. The van der Waals surface area contributed by atoms with Crippen LogP contribution >= 0.6 is 0 Å². The molecule has 5 nitrogen and oxygen atoms in total. The van der Waals surface area contributed by atoms with E-state index in [0.29, 0.717) is 12.3 Å². The Hall–Kier alpha value is -1.72. The number of benzene rings is 1. The Morgan fingerprint density at radius 2 is 2.29 bits per heavy atom. The Kier molecular flexibility index (Phi) is 3.51. The number of methoxy groups -OCH3 is 1. The highest BCUT2D eigenvalue weighted by Crippen LogP contribution is 2.13. The van der Waals surface area contributed by atoms with Crippen molar-refractivity contribution >= 4 is 0 Å². The van der Waals surface area contributed by atoms with Crippen molar-refractivity contribution < 1.29 is 9.84 Å². The first-order valence-corrected chi connectivity index (χ1v) is 5.39. The Bertz CT molecular complexity index is 494.